The molecule has 0 spiro atoms. The van der Waals surface area contributed by atoms with Gasteiger partial charge in [0.05, 0.1) is 39.6 Å². The zero-order chi connectivity index (χ0) is 60.1. The van der Waals surface area contributed by atoms with Gasteiger partial charge < -0.3 is 57.3 Å². The van der Waals surface area contributed by atoms with Crippen LogP contribution >= 0.6 is 15.0 Å². The van der Waals surface area contributed by atoms with Crippen LogP contribution in [0.25, 0.3) is 0 Å². The fourth-order valence-corrected chi connectivity index (χ4v) is 7.96. The molecule has 14 nitrogen and oxygen atoms in total. The molecule has 0 saturated heterocycles. The van der Waals surface area contributed by atoms with E-state index in [1.165, 1.54) is 16.7 Å². The molecule has 0 aliphatic rings. The van der Waals surface area contributed by atoms with Crippen LogP contribution in [-0.2, 0) is 37.6 Å². The molecule has 0 amide bonds. The van der Waals surface area contributed by atoms with E-state index in [1.807, 2.05) is 97.1 Å². The summed E-state index contributed by atoms with van der Waals surface area (Å²) in [5, 5.41) is 0. The Kier molecular flexibility index (Phi) is 39.2. The van der Waals surface area contributed by atoms with Gasteiger partial charge in [0, 0.05) is 0 Å². The molecule has 6 aromatic rings. The number of hydrogen-bond donors (Lipinski definition) is 3. The minimum absolute atomic E-state index is 0.140. The summed E-state index contributed by atoms with van der Waals surface area (Å²) in [5.74, 6) is 3.96. The van der Waals surface area contributed by atoms with Crippen molar-refractivity contribution in [1.82, 2.24) is 0 Å². The van der Waals surface area contributed by atoms with E-state index >= 15 is 0 Å². The lowest BCUT2D eigenvalue weighted by Gasteiger charge is -2.23. The van der Waals surface area contributed by atoms with E-state index in [-0.39, 0.29) is 39.6 Å². The zero-order valence-electron chi connectivity index (χ0n) is 48.9. The smallest absolute Gasteiger partial charge is 0.350 e. The van der Waals surface area contributed by atoms with Gasteiger partial charge in [-0.2, -0.15) is 0 Å². The highest BCUT2D eigenvalue weighted by atomic mass is 31.2. The molecule has 3 atom stereocenters. The van der Waals surface area contributed by atoms with Crippen molar-refractivity contribution in [2.75, 3.05) is 78.5 Å². The SMILES string of the molecule is C=CCOCC(COc1ccccc1)OCP(=O)(O)COC(COCC=C)COc1ccccc1.C=CCOCC(COc1ccccc1)OCP(=O)(O)O.CC(C)c1ccccc1.CC(C)c1ccccc1.CC(C)c1ccccc1. The highest BCUT2D eigenvalue weighted by Gasteiger charge is 2.25. The molecule has 0 saturated carbocycles. The molecule has 3 N–H and O–H groups in total. The summed E-state index contributed by atoms with van der Waals surface area (Å²) in [4.78, 5) is 28.1. The van der Waals surface area contributed by atoms with E-state index in [0.717, 1.165) is 0 Å². The number of rotatable bonds is 33. The number of hydrogen-bond acceptors (Lipinski definition) is 11. The summed E-state index contributed by atoms with van der Waals surface area (Å²) in [5.41, 5.74) is 4.24. The van der Waals surface area contributed by atoms with Gasteiger partial charge in [-0.1, -0.05) is 205 Å². The Morgan fingerprint density at radius 1 is 0.366 bits per heavy atom. The van der Waals surface area contributed by atoms with Gasteiger partial charge in [0.1, 0.15) is 74.4 Å². The first kappa shape index (κ1) is 72.1. The van der Waals surface area contributed by atoms with Crippen molar-refractivity contribution < 1.29 is 66.4 Å². The van der Waals surface area contributed by atoms with Crippen LogP contribution in [0, 0.1) is 0 Å². The van der Waals surface area contributed by atoms with Crippen molar-refractivity contribution in [2.24, 2.45) is 0 Å². The highest BCUT2D eigenvalue weighted by molar-refractivity contribution is 7.57. The van der Waals surface area contributed by atoms with Crippen LogP contribution in [0.5, 0.6) is 17.2 Å². The molecule has 82 heavy (non-hydrogen) atoms. The minimum atomic E-state index is -4.21. The van der Waals surface area contributed by atoms with Crippen molar-refractivity contribution in [3.8, 4) is 17.2 Å². The Morgan fingerprint density at radius 2 is 0.598 bits per heavy atom. The molecule has 0 fully saturated rings. The predicted octanol–water partition coefficient (Wildman–Crippen LogP) is 14.7. The third-order valence-corrected chi connectivity index (χ3v) is 12.6. The van der Waals surface area contributed by atoms with Crippen LogP contribution in [0.4, 0.5) is 0 Å². The quantitative estimate of drug-likeness (QED) is 0.0201. The standard InChI is InChI=1S/C26H35O8P.C13H19O6P.3C9H12/c1-3-15-29-17-25(19-31-23-11-7-5-8-12-23)33-21-35(27,28)22-34-26(18-30-16-4-2)20-32-24-13-9-6-10-14-24;1-2-8-17-9-13(19-11-20(14,15)16)10-18-12-6-4-3-5-7-12;3*1-8(2)9-6-4-3-5-7-9/h3-14,25-26H,1-2,15-22H2,(H,27,28);2-7,13H,1,8-11H2,(H2,14,15,16);3*3-8H,1-2H3. The molecular weight excluding hydrogens is 1080 g/mol. The lowest BCUT2D eigenvalue weighted by Crippen LogP contribution is -2.30. The van der Waals surface area contributed by atoms with E-state index in [0.29, 0.717) is 54.8 Å². The Labute approximate surface area is 489 Å². The molecule has 0 bridgehead atoms. The van der Waals surface area contributed by atoms with Crippen molar-refractivity contribution >= 4 is 15.0 Å². The van der Waals surface area contributed by atoms with Crippen LogP contribution in [0.1, 0.15) is 76.0 Å². The predicted molar refractivity (Wildman–Crippen MR) is 332 cm³/mol. The topological polar surface area (TPSA) is 178 Å². The molecule has 16 heteroatoms. The van der Waals surface area contributed by atoms with Crippen molar-refractivity contribution in [1.29, 1.82) is 0 Å². The highest BCUT2D eigenvalue weighted by Crippen LogP contribution is 2.41. The summed E-state index contributed by atoms with van der Waals surface area (Å²) >= 11 is 0. The fourth-order valence-electron chi connectivity index (χ4n) is 6.60. The van der Waals surface area contributed by atoms with Gasteiger partial charge in [0.15, 0.2) is 0 Å². The first-order valence-electron chi connectivity index (χ1n) is 27.4. The molecule has 0 aliphatic carbocycles. The average Bonchev–Trinajstić information content (AvgIpc) is 3.49. The molecule has 0 radical (unpaired) electrons. The largest absolute Gasteiger partial charge is 0.491 e. The van der Waals surface area contributed by atoms with E-state index < -0.39 is 52.3 Å². The molecule has 0 aliphatic heterocycles. The van der Waals surface area contributed by atoms with E-state index in [2.05, 4.69) is 134 Å². The van der Waals surface area contributed by atoms with Crippen LogP contribution in [0.3, 0.4) is 0 Å². The van der Waals surface area contributed by atoms with Crippen LogP contribution in [0.15, 0.2) is 220 Å². The summed E-state index contributed by atoms with van der Waals surface area (Å²) in [6.45, 7) is 26.0. The first-order chi connectivity index (χ1) is 39.4. The van der Waals surface area contributed by atoms with E-state index in [4.69, 9.17) is 52.4 Å². The monoisotopic (exact) mass is 1170 g/mol. The van der Waals surface area contributed by atoms with Crippen molar-refractivity contribution in [3.63, 3.8) is 0 Å². The molecular formula is C66H90O14P2. The van der Waals surface area contributed by atoms with Crippen LogP contribution in [0.2, 0.25) is 0 Å². The van der Waals surface area contributed by atoms with Crippen LogP contribution < -0.4 is 14.2 Å². The Morgan fingerprint density at radius 3 is 0.805 bits per heavy atom. The van der Waals surface area contributed by atoms with Crippen LogP contribution in [-0.4, -0.2) is 111 Å². The fraction of sp³-hybridized carbons (Fsp3) is 0.364. The van der Waals surface area contributed by atoms with E-state index in [1.54, 1.807) is 30.4 Å². The van der Waals surface area contributed by atoms with E-state index in [9.17, 15) is 14.0 Å². The Balaban J connectivity index is 0.000000403. The van der Waals surface area contributed by atoms with Gasteiger partial charge in [-0.25, -0.2) is 0 Å². The number of para-hydroxylation sites is 3. The lowest BCUT2D eigenvalue weighted by molar-refractivity contribution is -0.0271. The summed E-state index contributed by atoms with van der Waals surface area (Å²) < 4.78 is 73.1. The molecule has 448 valence electrons. The zero-order valence-corrected chi connectivity index (χ0v) is 50.6. The minimum Gasteiger partial charge on any atom is -0.491 e. The summed E-state index contributed by atoms with van der Waals surface area (Å²) in [6, 6.07) is 59.1. The maximum atomic E-state index is 12.7. The van der Waals surface area contributed by atoms with Gasteiger partial charge >= 0.3 is 7.60 Å². The molecule has 6 aromatic carbocycles. The second kappa shape index (κ2) is 44.6. The van der Waals surface area contributed by atoms with Gasteiger partial charge in [-0.15, -0.1) is 19.7 Å². The lowest BCUT2D eigenvalue weighted by atomic mass is 10.0. The van der Waals surface area contributed by atoms with Gasteiger partial charge in [-0.3, -0.25) is 9.13 Å². The van der Waals surface area contributed by atoms with Crippen molar-refractivity contribution in [3.05, 3.63) is 237 Å². The normalized spacial score (nSPS) is 12.6. The third-order valence-electron chi connectivity index (χ3n) is 11.1. The van der Waals surface area contributed by atoms with Gasteiger partial charge in [0.2, 0.25) is 7.37 Å². The first-order valence-corrected chi connectivity index (χ1v) is 31.2. The summed E-state index contributed by atoms with van der Waals surface area (Å²) in [7, 11) is -7.98. The van der Waals surface area contributed by atoms with Gasteiger partial charge in [0.25, 0.3) is 0 Å². The summed E-state index contributed by atoms with van der Waals surface area (Å²) in [6.07, 6.45) is 1.67. The molecule has 0 heterocycles. The second-order valence-corrected chi connectivity index (χ2v) is 23.1. The molecule has 3 unspecified atom stereocenters. The molecule has 6 rings (SSSR count). The second-order valence-electron chi connectivity index (χ2n) is 19.3. The van der Waals surface area contributed by atoms with Gasteiger partial charge in [-0.05, 0) is 70.8 Å². The maximum Gasteiger partial charge on any atom is 0.350 e. The number of benzene rings is 6. The average molecular weight is 1170 g/mol. The van der Waals surface area contributed by atoms with Crippen molar-refractivity contribution in [2.45, 2.75) is 77.6 Å². The molecule has 0 aromatic heterocycles. The number of ether oxygens (including phenoxy) is 9. The third kappa shape index (κ3) is 37.9. The Hall–Kier alpha value is -5.96. The maximum absolute atomic E-state index is 12.7. The Bertz CT molecular complexity index is 2400.